The molecule has 7 rings (SSSR count). The van der Waals surface area contributed by atoms with E-state index in [-0.39, 0.29) is 42.9 Å². The van der Waals surface area contributed by atoms with Gasteiger partial charge in [0.15, 0.2) is 5.78 Å². The molecule has 0 spiro atoms. The van der Waals surface area contributed by atoms with E-state index in [1.807, 2.05) is 60.7 Å². The average Bonchev–Trinajstić information content (AvgIpc) is 4.01. The topological polar surface area (TPSA) is 136 Å². The second-order valence-corrected chi connectivity index (χ2v) is 15.9. The third-order valence-electron chi connectivity index (χ3n) is 10.4. The number of carbonyl (C=O) groups is 3. The monoisotopic (exact) mass is 670 g/mol. The van der Waals surface area contributed by atoms with Crippen LogP contribution in [0.15, 0.2) is 72.9 Å². The van der Waals surface area contributed by atoms with E-state index in [1.165, 1.54) is 0 Å². The first-order valence-electron chi connectivity index (χ1n) is 17.2. The lowest BCUT2D eigenvalue weighted by Gasteiger charge is -2.29. The molecule has 11 heteroatoms. The summed E-state index contributed by atoms with van der Waals surface area (Å²) in [6.07, 6.45) is 11.5. The minimum absolute atomic E-state index is 0.0944. The predicted molar refractivity (Wildman–Crippen MR) is 180 cm³/mol. The molecule has 2 aromatic carbocycles. The van der Waals surface area contributed by atoms with Crippen molar-refractivity contribution >= 4 is 38.7 Å². The number of carbonyl (C=O) groups excluding carboxylic acids is 3. The minimum atomic E-state index is -3.79. The number of benzene rings is 2. The van der Waals surface area contributed by atoms with Gasteiger partial charge >= 0.3 is 0 Å². The summed E-state index contributed by atoms with van der Waals surface area (Å²) in [5, 5.41) is -0.552. The fourth-order valence-electron chi connectivity index (χ4n) is 7.39. The van der Waals surface area contributed by atoms with E-state index in [0.29, 0.717) is 43.5 Å². The molecular weight excluding hydrogens is 628 g/mol. The van der Waals surface area contributed by atoms with Crippen LogP contribution in [0.2, 0.25) is 0 Å². The van der Waals surface area contributed by atoms with Crippen LogP contribution < -0.4 is 9.46 Å². The summed E-state index contributed by atoms with van der Waals surface area (Å²) in [7, 11) is -3.79. The van der Waals surface area contributed by atoms with Gasteiger partial charge in [0.25, 0.3) is 0 Å². The van der Waals surface area contributed by atoms with Gasteiger partial charge in [0.2, 0.25) is 27.7 Å². The quantitative estimate of drug-likeness (QED) is 0.350. The molecule has 0 unspecified atom stereocenters. The van der Waals surface area contributed by atoms with Gasteiger partial charge in [-0.1, -0.05) is 67.5 Å². The molecule has 1 saturated heterocycles. The zero-order valence-corrected chi connectivity index (χ0v) is 27.8. The van der Waals surface area contributed by atoms with Crippen LogP contribution in [0.5, 0.6) is 5.88 Å². The number of sulfonamides is 1. The average molecular weight is 671 g/mol. The smallest absolute Gasteiger partial charge is 0.240 e. The molecule has 2 amide bonds. The van der Waals surface area contributed by atoms with Crippen LogP contribution in [0.4, 0.5) is 0 Å². The Bertz CT molecular complexity index is 1830. The van der Waals surface area contributed by atoms with Gasteiger partial charge in [0.05, 0.1) is 40.5 Å². The maximum absolute atomic E-state index is 14.5. The van der Waals surface area contributed by atoms with Crippen molar-refractivity contribution in [3.8, 4) is 5.88 Å². The third kappa shape index (κ3) is 7.02. The first kappa shape index (κ1) is 32.4. The van der Waals surface area contributed by atoms with Gasteiger partial charge in [-0.15, -0.1) is 0 Å². The number of allylic oxidation sites excluding steroid dienone is 2. The highest BCUT2D eigenvalue weighted by Crippen LogP contribution is 2.57. The van der Waals surface area contributed by atoms with Crippen molar-refractivity contribution in [2.45, 2.75) is 88.0 Å². The molecule has 10 nitrogen and oxygen atoms in total. The Kier molecular flexibility index (Phi) is 9.06. The number of Topliss-reactive ketones (excluding diaryl/α,β-unsaturated/α-hetero) is 1. The lowest BCUT2D eigenvalue weighted by atomic mass is 9.90. The van der Waals surface area contributed by atoms with Crippen molar-refractivity contribution in [1.82, 2.24) is 19.6 Å². The van der Waals surface area contributed by atoms with Crippen molar-refractivity contribution in [1.29, 1.82) is 0 Å². The maximum Gasteiger partial charge on any atom is 0.240 e. The number of ether oxygens (including phenoxy) is 1. The molecule has 1 N–H and O–H groups in total. The van der Waals surface area contributed by atoms with Gasteiger partial charge in [-0.05, 0) is 68.6 Å². The molecule has 5 atom stereocenters. The Morgan fingerprint density at radius 1 is 0.979 bits per heavy atom. The van der Waals surface area contributed by atoms with Gasteiger partial charge < -0.3 is 9.64 Å². The molecule has 0 bridgehead atoms. The molecule has 3 fully saturated rings. The number of fused-ring (bicyclic) bond motifs is 3. The molecule has 252 valence electrons. The predicted octanol–water partition coefficient (Wildman–Crippen LogP) is 4.93. The van der Waals surface area contributed by atoms with Crippen molar-refractivity contribution in [2.24, 2.45) is 17.3 Å². The van der Waals surface area contributed by atoms with Crippen molar-refractivity contribution in [3.63, 3.8) is 0 Å². The van der Waals surface area contributed by atoms with Crippen LogP contribution in [0.3, 0.4) is 0 Å². The highest BCUT2D eigenvalue weighted by atomic mass is 32.2. The van der Waals surface area contributed by atoms with E-state index in [2.05, 4.69) is 20.8 Å². The second kappa shape index (κ2) is 13.4. The van der Waals surface area contributed by atoms with Crippen LogP contribution in [0.25, 0.3) is 11.0 Å². The molecular formula is C37H42N4O6S. The zero-order chi connectivity index (χ0) is 33.3. The van der Waals surface area contributed by atoms with Gasteiger partial charge in [-0.3, -0.25) is 19.1 Å². The SMILES string of the molecule is O=C1C[C@]2(C(=O)NS(=O)(=O)C3CC3)C[C@H]2/C=C\CCCCC[C@H](Cc2ccccc2)C(=O)N2C[C@H](Oc3cnc4ccccc4n3)C[C@@H]12. The Morgan fingerprint density at radius 3 is 2.54 bits per heavy atom. The molecule has 2 aliphatic heterocycles. The first-order valence-corrected chi connectivity index (χ1v) is 18.7. The summed E-state index contributed by atoms with van der Waals surface area (Å²) in [6.45, 7) is 0.202. The number of nitrogens with one attached hydrogen (secondary N) is 1. The van der Waals surface area contributed by atoms with E-state index in [4.69, 9.17) is 4.74 Å². The molecule has 1 aromatic heterocycles. The van der Waals surface area contributed by atoms with Gasteiger partial charge in [-0.25, -0.2) is 18.4 Å². The standard InChI is InChI=1S/C37H42N4O6S/c42-33-22-37(36(44)40-48(45,46)29-17-18-29)21-27(37)14-8-3-1-2-7-13-26(19-25-11-5-4-6-12-25)35(43)41-24-28(20-32(33)41)47-34-23-38-30-15-9-10-16-31(30)39-34/h4-6,8-12,14-16,23,26-29,32H,1-3,7,13,17-22,24H2,(H,40,44)/b14-8-/t26-,27-,28-,32+,37-/m1/s1. The Hall–Kier alpha value is -4.12. The van der Waals surface area contributed by atoms with Crippen LogP contribution in [0.1, 0.15) is 69.8 Å². The van der Waals surface area contributed by atoms with Gasteiger partial charge in [0, 0.05) is 18.8 Å². The number of ketones is 1. The van der Waals surface area contributed by atoms with Crippen LogP contribution in [-0.2, 0) is 30.8 Å². The molecule has 2 saturated carbocycles. The number of hydrogen-bond acceptors (Lipinski definition) is 8. The Morgan fingerprint density at radius 2 is 1.75 bits per heavy atom. The minimum Gasteiger partial charge on any atom is -0.471 e. The van der Waals surface area contributed by atoms with Crippen molar-refractivity contribution < 1.29 is 27.5 Å². The van der Waals surface area contributed by atoms with Crippen LogP contribution in [0, 0.1) is 17.3 Å². The maximum atomic E-state index is 14.5. The van der Waals surface area contributed by atoms with E-state index in [1.54, 1.807) is 11.1 Å². The molecule has 3 aromatic rings. The van der Waals surface area contributed by atoms with E-state index in [9.17, 15) is 22.8 Å². The van der Waals surface area contributed by atoms with Crippen LogP contribution >= 0.6 is 0 Å². The Labute approximate surface area is 281 Å². The van der Waals surface area contributed by atoms with E-state index in [0.717, 1.165) is 36.8 Å². The van der Waals surface area contributed by atoms with Crippen molar-refractivity contribution in [2.75, 3.05) is 6.54 Å². The first-order chi connectivity index (χ1) is 23.2. The number of nitrogens with zero attached hydrogens (tertiary/aromatic N) is 3. The molecule has 2 aliphatic carbocycles. The van der Waals surface area contributed by atoms with Gasteiger partial charge in [-0.2, -0.15) is 0 Å². The highest BCUT2D eigenvalue weighted by Gasteiger charge is 2.61. The summed E-state index contributed by atoms with van der Waals surface area (Å²) in [5.74, 6) is -1.20. The lowest BCUT2D eigenvalue weighted by molar-refractivity contribution is -0.142. The molecule has 0 radical (unpaired) electrons. The highest BCUT2D eigenvalue weighted by molar-refractivity contribution is 7.90. The molecule has 3 heterocycles. The molecule has 4 aliphatic rings. The summed E-state index contributed by atoms with van der Waals surface area (Å²) < 4.78 is 34.2. The van der Waals surface area contributed by atoms with E-state index < -0.39 is 38.7 Å². The molecule has 48 heavy (non-hydrogen) atoms. The number of amides is 2. The number of aromatic nitrogens is 2. The number of rotatable bonds is 7. The third-order valence-corrected chi connectivity index (χ3v) is 12.2. The fraction of sp³-hybridized carbons (Fsp3) is 0.486. The zero-order valence-electron chi connectivity index (χ0n) is 27.0. The van der Waals surface area contributed by atoms with E-state index >= 15 is 0 Å². The van der Waals surface area contributed by atoms with Crippen molar-refractivity contribution in [3.05, 3.63) is 78.5 Å². The van der Waals surface area contributed by atoms with Gasteiger partial charge in [0.1, 0.15) is 6.10 Å². The lowest BCUT2D eigenvalue weighted by Crippen LogP contribution is -2.46. The summed E-state index contributed by atoms with van der Waals surface area (Å²) in [5.41, 5.74) is 1.32. The Balaban J connectivity index is 1.18. The largest absolute Gasteiger partial charge is 0.471 e. The summed E-state index contributed by atoms with van der Waals surface area (Å²) in [4.78, 5) is 53.2. The summed E-state index contributed by atoms with van der Waals surface area (Å²) >= 11 is 0. The number of hydrogen-bond donors (Lipinski definition) is 1. The summed E-state index contributed by atoms with van der Waals surface area (Å²) in [6, 6.07) is 16.6. The fourth-order valence-corrected chi connectivity index (χ4v) is 8.77. The normalized spacial score (nSPS) is 28.9. The second-order valence-electron chi connectivity index (χ2n) is 13.9. The van der Waals surface area contributed by atoms with Crippen LogP contribution in [-0.4, -0.2) is 64.8 Å². The number of para-hydroxylation sites is 2.